The van der Waals surface area contributed by atoms with Crippen LogP contribution in [-0.2, 0) is 6.42 Å². The normalized spacial score (nSPS) is 10.8. The summed E-state index contributed by atoms with van der Waals surface area (Å²) in [5.41, 5.74) is 8.55. The van der Waals surface area contributed by atoms with Crippen molar-refractivity contribution in [3.8, 4) is 5.75 Å². The van der Waals surface area contributed by atoms with Crippen molar-refractivity contribution in [1.82, 2.24) is 0 Å². The Morgan fingerprint density at radius 2 is 1.64 bits per heavy atom. The summed E-state index contributed by atoms with van der Waals surface area (Å²) in [6, 6.07) is 18.5. The molecule has 0 unspecified atom stereocenters. The first kappa shape index (κ1) is 20.6. The Morgan fingerprint density at radius 3 is 2.23 bits per heavy atom. The standard InChI is InChI=1S/C17H22N2O.2ClH/c1-20-17-11-9-16(10-12-17)19-13-15(18)8-7-14-5-3-2-4-6-14;;/h2-6,9-12,15,19H,7-8,13,18H2,1H3;2*1H/t15-;;/m0../s1. The second-order valence-corrected chi connectivity index (χ2v) is 4.89. The second-order valence-electron chi connectivity index (χ2n) is 4.89. The SMILES string of the molecule is COc1ccc(NC[C@@H](N)CCc2ccccc2)cc1.Cl.Cl. The van der Waals surface area contributed by atoms with Crippen LogP contribution in [0.15, 0.2) is 54.6 Å². The van der Waals surface area contributed by atoms with E-state index in [2.05, 4.69) is 29.6 Å². The van der Waals surface area contributed by atoms with Crippen LogP contribution in [0.5, 0.6) is 5.75 Å². The molecule has 5 heteroatoms. The number of benzene rings is 2. The number of nitrogens with two attached hydrogens (primary N) is 1. The summed E-state index contributed by atoms with van der Waals surface area (Å²) in [7, 11) is 1.67. The van der Waals surface area contributed by atoms with E-state index in [4.69, 9.17) is 10.5 Å². The van der Waals surface area contributed by atoms with Crippen LogP contribution in [0.3, 0.4) is 0 Å². The highest BCUT2D eigenvalue weighted by atomic mass is 35.5. The molecule has 0 saturated carbocycles. The zero-order valence-corrected chi connectivity index (χ0v) is 14.3. The molecular weight excluding hydrogens is 319 g/mol. The second kappa shape index (κ2) is 11.2. The van der Waals surface area contributed by atoms with Gasteiger partial charge < -0.3 is 15.8 Å². The lowest BCUT2D eigenvalue weighted by Gasteiger charge is -2.14. The average molecular weight is 343 g/mol. The number of halogens is 2. The number of ether oxygens (including phenoxy) is 1. The number of methoxy groups -OCH3 is 1. The highest BCUT2D eigenvalue weighted by Crippen LogP contribution is 2.15. The van der Waals surface area contributed by atoms with Crippen LogP contribution >= 0.6 is 24.8 Å². The molecule has 0 radical (unpaired) electrons. The molecular formula is C17H24Cl2N2O. The van der Waals surface area contributed by atoms with Crippen LogP contribution in [-0.4, -0.2) is 19.7 Å². The Morgan fingerprint density at radius 1 is 1.00 bits per heavy atom. The summed E-state index contributed by atoms with van der Waals surface area (Å²) < 4.78 is 5.13. The Hall–Kier alpha value is -1.42. The molecule has 2 aromatic rings. The minimum atomic E-state index is 0. The van der Waals surface area contributed by atoms with Crippen LogP contribution in [0.1, 0.15) is 12.0 Å². The quantitative estimate of drug-likeness (QED) is 0.801. The van der Waals surface area contributed by atoms with Gasteiger partial charge in [-0.25, -0.2) is 0 Å². The summed E-state index contributed by atoms with van der Waals surface area (Å²) >= 11 is 0. The first-order chi connectivity index (χ1) is 9.78. The van der Waals surface area contributed by atoms with Crippen LogP contribution in [0.2, 0.25) is 0 Å². The van der Waals surface area contributed by atoms with E-state index in [1.807, 2.05) is 30.3 Å². The lowest BCUT2D eigenvalue weighted by molar-refractivity contribution is 0.415. The smallest absolute Gasteiger partial charge is 0.119 e. The Labute approximate surface area is 145 Å². The minimum Gasteiger partial charge on any atom is -0.497 e. The molecule has 3 N–H and O–H groups in total. The van der Waals surface area contributed by atoms with E-state index in [-0.39, 0.29) is 30.9 Å². The molecule has 1 atom stereocenters. The molecule has 122 valence electrons. The van der Waals surface area contributed by atoms with Crippen molar-refractivity contribution < 1.29 is 4.74 Å². The molecule has 0 aliphatic carbocycles. The largest absolute Gasteiger partial charge is 0.497 e. The lowest BCUT2D eigenvalue weighted by Crippen LogP contribution is -2.29. The third-order valence-corrected chi connectivity index (χ3v) is 3.31. The van der Waals surface area contributed by atoms with Crippen LogP contribution in [0.25, 0.3) is 0 Å². The third kappa shape index (κ3) is 7.03. The number of hydrogen-bond donors (Lipinski definition) is 2. The first-order valence-electron chi connectivity index (χ1n) is 6.95. The third-order valence-electron chi connectivity index (χ3n) is 3.31. The Balaban J connectivity index is 0.00000220. The molecule has 0 bridgehead atoms. The summed E-state index contributed by atoms with van der Waals surface area (Å²) in [5, 5.41) is 3.35. The monoisotopic (exact) mass is 342 g/mol. The molecule has 0 spiro atoms. The Kier molecular flexibility index (Phi) is 10.5. The molecule has 0 saturated heterocycles. The van der Waals surface area contributed by atoms with Gasteiger partial charge in [-0.05, 0) is 42.7 Å². The van der Waals surface area contributed by atoms with Crippen molar-refractivity contribution in [3.05, 3.63) is 60.2 Å². The molecule has 3 nitrogen and oxygen atoms in total. The van der Waals surface area contributed by atoms with E-state index in [9.17, 15) is 0 Å². The van der Waals surface area contributed by atoms with Crippen LogP contribution in [0.4, 0.5) is 5.69 Å². The van der Waals surface area contributed by atoms with E-state index in [0.29, 0.717) is 0 Å². The number of rotatable bonds is 7. The van der Waals surface area contributed by atoms with Gasteiger partial charge in [0.1, 0.15) is 5.75 Å². The van der Waals surface area contributed by atoms with E-state index in [1.54, 1.807) is 7.11 Å². The number of anilines is 1. The molecule has 2 rings (SSSR count). The van der Waals surface area contributed by atoms with Crippen molar-refractivity contribution in [2.75, 3.05) is 19.0 Å². The van der Waals surface area contributed by atoms with Gasteiger partial charge in [0.05, 0.1) is 7.11 Å². The van der Waals surface area contributed by atoms with Crippen molar-refractivity contribution in [2.24, 2.45) is 5.73 Å². The van der Waals surface area contributed by atoms with E-state index >= 15 is 0 Å². The fourth-order valence-corrected chi connectivity index (χ4v) is 2.06. The minimum absolute atomic E-state index is 0. The van der Waals surface area contributed by atoms with Gasteiger partial charge in [-0.3, -0.25) is 0 Å². The van der Waals surface area contributed by atoms with Crippen LogP contribution < -0.4 is 15.8 Å². The average Bonchev–Trinajstić information content (AvgIpc) is 2.52. The predicted octanol–water partition coefficient (Wildman–Crippen LogP) is 3.91. The molecule has 2 aromatic carbocycles. The van der Waals surface area contributed by atoms with Crippen molar-refractivity contribution >= 4 is 30.5 Å². The van der Waals surface area contributed by atoms with Gasteiger partial charge in [-0.1, -0.05) is 30.3 Å². The summed E-state index contributed by atoms with van der Waals surface area (Å²) in [5.74, 6) is 0.865. The zero-order valence-electron chi connectivity index (χ0n) is 12.7. The first-order valence-corrected chi connectivity index (χ1v) is 6.95. The van der Waals surface area contributed by atoms with Gasteiger partial charge in [0.25, 0.3) is 0 Å². The van der Waals surface area contributed by atoms with Gasteiger partial charge >= 0.3 is 0 Å². The highest BCUT2D eigenvalue weighted by molar-refractivity contribution is 5.85. The Bertz CT molecular complexity index is 506. The predicted molar refractivity (Wildman–Crippen MR) is 98.7 cm³/mol. The van der Waals surface area contributed by atoms with Crippen molar-refractivity contribution in [3.63, 3.8) is 0 Å². The molecule has 0 fully saturated rings. The summed E-state index contributed by atoms with van der Waals surface area (Å²) in [6.07, 6.45) is 2.00. The van der Waals surface area contributed by atoms with Gasteiger partial charge in [-0.15, -0.1) is 24.8 Å². The number of hydrogen-bond acceptors (Lipinski definition) is 3. The van der Waals surface area contributed by atoms with Gasteiger partial charge in [0.2, 0.25) is 0 Å². The van der Waals surface area contributed by atoms with Crippen molar-refractivity contribution in [1.29, 1.82) is 0 Å². The number of aryl methyl sites for hydroxylation is 1. The van der Waals surface area contributed by atoms with Gasteiger partial charge in [0.15, 0.2) is 0 Å². The van der Waals surface area contributed by atoms with Gasteiger partial charge in [0, 0.05) is 18.3 Å². The maximum absolute atomic E-state index is 6.14. The molecule has 0 aromatic heterocycles. The van der Waals surface area contributed by atoms with E-state index in [1.165, 1.54) is 5.56 Å². The number of nitrogens with one attached hydrogen (secondary N) is 1. The topological polar surface area (TPSA) is 47.3 Å². The summed E-state index contributed by atoms with van der Waals surface area (Å²) in [4.78, 5) is 0. The molecule has 0 amide bonds. The fraction of sp³-hybridized carbons (Fsp3) is 0.294. The van der Waals surface area contributed by atoms with Crippen molar-refractivity contribution in [2.45, 2.75) is 18.9 Å². The highest BCUT2D eigenvalue weighted by Gasteiger charge is 2.03. The lowest BCUT2D eigenvalue weighted by atomic mass is 10.1. The fourth-order valence-electron chi connectivity index (χ4n) is 2.06. The molecule has 0 heterocycles. The van der Waals surface area contributed by atoms with Crippen LogP contribution in [0, 0.1) is 0 Å². The maximum Gasteiger partial charge on any atom is 0.119 e. The van der Waals surface area contributed by atoms with E-state index < -0.39 is 0 Å². The molecule has 0 aliphatic heterocycles. The van der Waals surface area contributed by atoms with E-state index in [0.717, 1.165) is 30.8 Å². The van der Waals surface area contributed by atoms with Gasteiger partial charge in [-0.2, -0.15) is 0 Å². The molecule has 0 aliphatic rings. The maximum atomic E-state index is 6.14. The zero-order chi connectivity index (χ0) is 14.2. The molecule has 22 heavy (non-hydrogen) atoms. The summed E-state index contributed by atoms with van der Waals surface area (Å²) in [6.45, 7) is 0.777.